The fourth-order valence-electron chi connectivity index (χ4n) is 5.08. The predicted octanol–water partition coefficient (Wildman–Crippen LogP) is 11.1. The Morgan fingerprint density at radius 3 is 1.39 bits per heavy atom. The second-order valence-corrected chi connectivity index (χ2v) is 16.2. The lowest BCUT2D eigenvalue weighted by Gasteiger charge is -2.31. The first-order valence-electron chi connectivity index (χ1n) is 11.6. The van der Waals surface area contributed by atoms with Gasteiger partial charge < -0.3 is 9.47 Å². The summed E-state index contributed by atoms with van der Waals surface area (Å²) in [5.41, 5.74) is 1.99. The van der Waals surface area contributed by atoms with E-state index < -0.39 is 0 Å². The summed E-state index contributed by atoms with van der Waals surface area (Å²) in [4.78, 5) is 10.6. The van der Waals surface area contributed by atoms with Gasteiger partial charge in [0.1, 0.15) is 22.7 Å². The quantitative estimate of drug-likeness (QED) is 0.203. The maximum absolute atomic E-state index is 6.33. The summed E-state index contributed by atoms with van der Waals surface area (Å²) >= 11 is 11.2. The molecule has 36 heavy (non-hydrogen) atoms. The Morgan fingerprint density at radius 2 is 0.944 bits per heavy atom. The van der Waals surface area contributed by atoms with E-state index in [-0.39, 0.29) is 11.2 Å². The summed E-state index contributed by atoms with van der Waals surface area (Å²) < 4.78 is 15.4. The molecule has 8 heterocycles. The van der Waals surface area contributed by atoms with Crippen LogP contribution in [0, 0.1) is 0 Å². The summed E-state index contributed by atoms with van der Waals surface area (Å²) in [7, 11) is 0. The minimum absolute atomic E-state index is 0.307. The van der Waals surface area contributed by atoms with E-state index >= 15 is 0 Å². The molecule has 0 saturated heterocycles. The molecule has 0 atom stereocenters. The van der Waals surface area contributed by atoms with Crippen LogP contribution in [0.25, 0.3) is 48.4 Å². The molecular formula is C28H20O2S6. The van der Waals surface area contributed by atoms with Crippen molar-refractivity contribution in [2.75, 3.05) is 0 Å². The van der Waals surface area contributed by atoms with E-state index in [0.29, 0.717) is 0 Å². The first-order chi connectivity index (χ1) is 17.3. The maximum Gasteiger partial charge on any atom is 0.140 e. The summed E-state index contributed by atoms with van der Waals surface area (Å²) in [6.45, 7) is 8.70. The van der Waals surface area contributed by atoms with Crippen LogP contribution in [0.5, 0.6) is 11.5 Å². The van der Waals surface area contributed by atoms with Crippen LogP contribution in [-0.2, 0) is 11.2 Å². The highest BCUT2D eigenvalue weighted by molar-refractivity contribution is 7.34. The van der Waals surface area contributed by atoms with Crippen molar-refractivity contribution in [3.05, 3.63) is 58.3 Å². The average molecular weight is 581 g/mol. The van der Waals surface area contributed by atoms with Crippen LogP contribution in [-0.4, -0.2) is 0 Å². The van der Waals surface area contributed by atoms with Gasteiger partial charge in [0.2, 0.25) is 0 Å². The number of rotatable bonds is 2. The van der Waals surface area contributed by atoms with Crippen LogP contribution in [0.2, 0.25) is 0 Å². The van der Waals surface area contributed by atoms with Crippen LogP contribution < -0.4 is 9.47 Å². The highest BCUT2D eigenvalue weighted by Crippen LogP contribution is 2.56. The predicted molar refractivity (Wildman–Crippen MR) is 160 cm³/mol. The molecule has 0 radical (unpaired) electrons. The van der Waals surface area contributed by atoms with E-state index in [2.05, 4.69) is 74.9 Å². The van der Waals surface area contributed by atoms with Gasteiger partial charge >= 0.3 is 0 Å². The van der Waals surface area contributed by atoms with Gasteiger partial charge in [0.25, 0.3) is 0 Å². The Bertz CT molecular complexity index is 1650. The van der Waals surface area contributed by atoms with Gasteiger partial charge in [-0.3, -0.25) is 0 Å². The van der Waals surface area contributed by atoms with Gasteiger partial charge in [0.15, 0.2) is 0 Å². The minimum atomic E-state index is -0.307. The molecule has 6 aromatic heterocycles. The molecular weight excluding hydrogens is 561 g/mol. The third kappa shape index (κ3) is 3.09. The van der Waals surface area contributed by atoms with Crippen LogP contribution in [0.4, 0.5) is 0 Å². The number of hydrogen-bond donors (Lipinski definition) is 0. The van der Waals surface area contributed by atoms with Gasteiger partial charge in [-0.25, -0.2) is 0 Å². The van der Waals surface area contributed by atoms with Crippen molar-refractivity contribution in [2.45, 2.75) is 38.9 Å². The number of fused-ring (bicyclic) bond motifs is 7. The third-order valence-electron chi connectivity index (χ3n) is 6.86. The van der Waals surface area contributed by atoms with Gasteiger partial charge in [-0.15, -0.1) is 68.0 Å². The van der Waals surface area contributed by atoms with Crippen molar-refractivity contribution >= 4 is 77.4 Å². The molecule has 0 spiro atoms. The van der Waals surface area contributed by atoms with Gasteiger partial charge in [-0.1, -0.05) is 0 Å². The molecule has 0 aliphatic carbocycles. The fraction of sp³-hybridized carbons (Fsp3) is 0.214. The van der Waals surface area contributed by atoms with Gasteiger partial charge in [0.05, 0.1) is 19.5 Å². The highest BCUT2D eigenvalue weighted by Gasteiger charge is 2.37. The lowest BCUT2D eigenvalue weighted by atomic mass is 9.95. The fourth-order valence-corrected chi connectivity index (χ4v) is 12.2. The molecule has 2 nitrogen and oxygen atoms in total. The Kier molecular flexibility index (Phi) is 4.50. The van der Waals surface area contributed by atoms with Crippen LogP contribution in [0.3, 0.4) is 0 Å². The monoisotopic (exact) mass is 580 g/mol. The first kappa shape index (κ1) is 22.1. The number of hydrogen-bond acceptors (Lipinski definition) is 8. The second-order valence-electron chi connectivity index (χ2n) is 10.1. The molecule has 0 unspecified atom stereocenters. The van der Waals surface area contributed by atoms with Gasteiger partial charge in [-0.05, 0) is 74.9 Å². The molecule has 6 aromatic rings. The molecule has 0 aromatic carbocycles. The summed E-state index contributed by atoms with van der Waals surface area (Å²) in [6, 6.07) is 13.7. The summed E-state index contributed by atoms with van der Waals surface area (Å²) in [5, 5.41) is 4.26. The molecule has 0 amide bonds. The normalized spacial score (nSPS) is 16.7. The average Bonchev–Trinajstić information content (AvgIpc) is 3.61. The van der Waals surface area contributed by atoms with E-state index in [1.165, 1.54) is 59.5 Å². The van der Waals surface area contributed by atoms with Crippen molar-refractivity contribution in [1.82, 2.24) is 0 Å². The van der Waals surface area contributed by atoms with E-state index in [0.717, 1.165) is 11.5 Å². The molecule has 2 aliphatic rings. The Morgan fingerprint density at radius 1 is 0.528 bits per heavy atom. The van der Waals surface area contributed by atoms with Crippen LogP contribution in [0.15, 0.2) is 47.2 Å². The van der Waals surface area contributed by atoms with Gasteiger partial charge in [-0.2, -0.15) is 0 Å². The molecule has 180 valence electrons. The largest absolute Gasteiger partial charge is 0.482 e. The van der Waals surface area contributed by atoms with E-state index in [4.69, 9.17) is 9.47 Å². The minimum Gasteiger partial charge on any atom is -0.482 e. The van der Waals surface area contributed by atoms with Crippen molar-refractivity contribution in [3.63, 3.8) is 0 Å². The van der Waals surface area contributed by atoms with Crippen LogP contribution >= 0.6 is 68.0 Å². The van der Waals surface area contributed by atoms with Crippen molar-refractivity contribution in [2.24, 2.45) is 0 Å². The maximum atomic E-state index is 6.33. The van der Waals surface area contributed by atoms with Crippen molar-refractivity contribution in [3.8, 4) is 50.5 Å². The topological polar surface area (TPSA) is 18.5 Å². The lowest BCUT2D eigenvalue weighted by Crippen LogP contribution is -2.27. The van der Waals surface area contributed by atoms with E-state index in [1.54, 1.807) is 22.7 Å². The summed E-state index contributed by atoms with van der Waals surface area (Å²) in [5.74, 6) is 2.04. The third-order valence-corrected chi connectivity index (χ3v) is 13.9. The standard InChI is InChI=1S/C28H20O2S6/c1-27(2)13-9-17(35-23(13)25-15(29-27)5-7-31-25)19-11-21-22(33-19)12-20(34-21)18-10-14-24(36-18)26-16(6-8-32-26)30-28(14,3)4/h5-12H,1-4H3. The Labute approximate surface area is 233 Å². The van der Waals surface area contributed by atoms with Gasteiger partial charge in [0, 0.05) is 40.0 Å². The molecule has 8 rings (SSSR count). The zero-order valence-corrected chi connectivity index (χ0v) is 24.8. The molecule has 8 heteroatoms. The SMILES string of the molecule is CC1(C)Oc2ccsc2-c2sc(-c3cc4sc(-c5cc6c(s5)-c5sccc5OC6(C)C)cc4s3)cc21. The molecule has 0 fully saturated rings. The Balaban J connectivity index is 1.19. The molecule has 0 saturated carbocycles. The highest BCUT2D eigenvalue weighted by atomic mass is 32.1. The number of ether oxygens (including phenoxy) is 2. The summed E-state index contributed by atoms with van der Waals surface area (Å²) in [6.07, 6.45) is 0. The smallest absolute Gasteiger partial charge is 0.140 e. The van der Waals surface area contributed by atoms with E-state index in [1.807, 2.05) is 45.3 Å². The molecule has 0 bridgehead atoms. The lowest BCUT2D eigenvalue weighted by molar-refractivity contribution is 0.107. The first-order valence-corrected chi connectivity index (χ1v) is 16.7. The van der Waals surface area contributed by atoms with Crippen molar-refractivity contribution < 1.29 is 9.47 Å². The second kappa shape index (κ2) is 7.34. The van der Waals surface area contributed by atoms with E-state index in [9.17, 15) is 0 Å². The molecule has 0 N–H and O–H groups in total. The number of thiophene rings is 6. The van der Waals surface area contributed by atoms with Crippen LogP contribution in [0.1, 0.15) is 38.8 Å². The zero-order chi connectivity index (χ0) is 24.4. The Hall–Kier alpha value is -1.94. The molecule has 2 aliphatic heterocycles. The van der Waals surface area contributed by atoms with Crippen molar-refractivity contribution in [1.29, 1.82) is 0 Å². The zero-order valence-electron chi connectivity index (χ0n) is 19.9.